The molecule has 0 radical (unpaired) electrons. The molecule has 0 atom stereocenters. The number of aromatic nitrogens is 2. The summed E-state index contributed by atoms with van der Waals surface area (Å²) < 4.78 is 5.08. The highest BCUT2D eigenvalue weighted by atomic mass is 35.5. The highest BCUT2D eigenvalue weighted by Gasteiger charge is 2.08. The summed E-state index contributed by atoms with van der Waals surface area (Å²) >= 11 is 11.8. The standard InChI is InChI=1S/C18H14Cl2N4O2/c1-26-14-5-2-12(3-6-14)23-17(25)11-9-21-18(22-10-11)24-13-4-7-15(19)16(20)8-13/h2-10H,1H3,(H,23,25)(H,21,22,24). The van der Waals surface area contributed by atoms with Crippen LogP contribution in [0.5, 0.6) is 5.75 Å². The van der Waals surface area contributed by atoms with Crippen LogP contribution in [-0.2, 0) is 0 Å². The van der Waals surface area contributed by atoms with E-state index in [2.05, 4.69) is 20.6 Å². The number of carbonyl (C=O) groups is 1. The fourth-order valence-electron chi connectivity index (χ4n) is 2.09. The predicted molar refractivity (Wildman–Crippen MR) is 103 cm³/mol. The van der Waals surface area contributed by atoms with Crippen LogP contribution >= 0.6 is 23.2 Å². The Morgan fingerprint density at radius 1 is 0.962 bits per heavy atom. The van der Waals surface area contributed by atoms with Gasteiger partial charge in [0.25, 0.3) is 5.91 Å². The lowest BCUT2D eigenvalue weighted by Crippen LogP contribution is -2.13. The first-order valence-corrected chi connectivity index (χ1v) is 8.30. The van der Waals surface area contributed by atoms with Crippen molar-refractivity contribution in [1.82, 2.24) is 9.97 Å². The largest absolute Gasteiger partial charge is 0.497 e. The summed E-state index contributed by atoms with van der Waals surface area (Å²) in [7, 11) is 1.58. The zero-order valence-corrected chi connectivity index (χ0v) is 15.2. The Bertz CT molecular complexity index is 915. The second kappa shape index (κ2) is 8.03. The summed E-state index contributed by atoms with van der Waals surface area (Å²) in [5, 5.41) is 6.64. The maximum absolute atomic E-state index is 12.2. The van der Waals surface area contributed by atoms with Gasteiger partial charge in [0.15, 0.2) is 0 Å². The van der Waals surface area contributed by atoms with Gasteiger partial charge in [-0.1, -0.05) is 23.2 Å². The van der Waals surface area contributed by atoms with Crippen molar-refractivity contribution in [3.63, 3.8) is 0 Å². The van der Waals surface area contributed by atoms with E-state index in [1.165, 1.54) is 12.4 Å². The summed E-state index contributed by atoms with van der Waals surface area (Å²) in [6.07, 6.45) is 2.87. The lowest BCUT2D eigenvalue weighted by atomic mass is 10.2. The SMILES string of the molecule is COc1ccc(NC(=O)c2cnc(Nc3ccc(Cl)c(Cl)c3)nc2)cc1. The van der Waals surface area contributed by atoms with Gasteiger partial charge in [-0.2, -0.15) is 0 Å². The van der Waals surface area contributed by atoms with Gasteiger partial charge in [-0.3, -0.25) is 4.79 Å². The zero-order chi connectivity index (χ0) is 18.5. The van der Waals surface area contributed by atoms with E-state index in [1.54, 1.807) is 49.6 Å². The molecule has 0 unspecified atom stereocenters. The number of nitrogens with zero attached hydrogens (tertiary/aromatic N) is 2. The van der Waals surface area contributed by atoms with Crippen LogP contribution in [0.3, 0.4) is 0 Å². The van der Waals surface area contributed by atoms with Crippen molar-refractivity contribution in [1.29, 1.82) is 0 Å². The number of rotatable bonds is 5. The monoisotopic (exact) mass is 388 g/mol. The average molecular weight is 389 g/mol. The Kier molecular flexibility index (Phi) is 5.55. The molecule has 0 aliphatic rings. The van der Waals surface area contributed by atoms with Crippen LogP contribution in [0, 0.1) is 0 Å². The lowest BCUT2D eigenvalue weighted by molar-refractivity contribution is 0.102. The van der Waals surface area contributed by atoms with E-state index < -0.39 is 0 Å². The Morgan fingerprint density at radius 2 is 1.62 bits per heavy atom. The molecule has 3 rings (SSSR count). The van der Waals surface area contributed by atoms with Crippen molar-refractivity contribution in [3.05, 3.63) is 70.5 Å². The lowest BCUT2D eigenvalue weighted by Gasteiger charge is -2.08. The molecular formula is C18H14Cl2N4O2. The van der Waals surface area contributed by atoms with Gasteiger partial charge in [0.2, 0.25) is 5.95 Å². The number of benzene rings is 2. The van der Waals surface area contributed by atoms with E-state index in [4.69, 9.17) is 27.9 Å². The van der Waals surface area contributed by atoms with Crippen molar-refractivity contribution in [2.45, 2.75) is 0 Å². The van der Waals surface area contributed by atoms with Gasteiger partial charge in [0.1, 0.15) is 5.75 Å². The summed E-state index contributed by atoms with van der Waals surface area (Å²) in [6, 6.07) is 12.1. The molecule has 0 saturated heterocycles. The van der Waals surface area contributed by atoms with Crippen LogP contribution < -0.4 is 15.4 Å². The highest BCUT2D eigenvalue weighted by Crippen LogP contribution is 2.26. The van der Waals surface area contributed by atoms with Crippen LogP contribution in [0.4, 0.5) is 17.3 Å². The van der Waals surface area contributed by atoms with Crippen LogP contribution in [0.15, 0.2) is 54.9 Å². The van der Waals surface area contributed by atoms with Crippen molar-refractivity contribution in [2.75, 3.05) is 17.7 Å². The smallest absolute Gasteiger partial charge is 0.258 e. The number of hydrogen-bond acceptors (Lipinski definition) is 5. The number of hydrogen-bond donors (Lipinski definition) is 2. The minimum Gasteiger partial charge on any atom is -0.497 e. The molecule has 0 aliphatic heterocycles. The van der Waals surface area contributed by atoms with Gasteiger partial charge in [-0.05, 0) is 42.5 Å². The first-order chi connectivity index (χ1) is 12.5. The zero-order valence-electron chi connectivity index (χ0n) is 13.7. The van der Waals surface area contributed by atoms with Gasteiger partial charge in [-0.25, -0.2) is 9.97 Å². The molecule has 0 fully saturated rings. The number of ether oxygens (including phenoxy) is 1. The van der Waals surface area contributed by atoms with E-state index >= 15 is 0 Å². The molecule has 0 aliphatic carbocycles. The molecule has 3 aromatic rings. The Morgan fingerprint density at radius 3 is 2.23 bits per heavy atom. The molecule has 8 heteroatoms. The Balaban J connectivity index is 1.66. The van der Waals surface area contributed by atoms with Gasteiger partial charge < -0.3 is 15.4 Å². The maximum atomic E-state index is 12.2. The van der Waals surface area contributed by atoms with Crippen LogP contribution in [0.1, 0.15) is 10.4 Å². The van der Waals surface area contributed by atoms with Crippen LogP contribution in [-0.4, -0.2) is 23.0 Å². The normalized spacial score (nSPS) is 10.3. The maximum Gasteiger partial charge on any atom is 0.258 e. The summed E-state index contributed by atoms with van der Waals surface area (Å²) in [4.78, 5) is 20.5. The number of halogens is 2. The van der Waals surface area contributed by atoms with Crippen molar-refractivity contribution < 1.29 is 9.53 Å². The third-order valence-electron chi connectivity index (χ3n) is 3.44. The van der Waals surface area contributed by atoms with Crippen molar-refractivity contribution in [3.8, 4) is 5.75 Å². The Hall–Kier alpha value is -2.83. The number of amides is 1. The molecule has 1 aromatic heterocycles. The molecule has 0 saturated carbocycles. The molecule has 0 bridgehead atoms. The molecule has 26 heavy (non-hydrogen) atoms. The number of anilines is 3. The van der Waals surface area contributed by atoms with Crippen LogP contribution in [0.2, 0.25) is 10.0 Å². The molecule has 0 spiro atoms. The molecule has 2 N–H and O–H groups in total. The summed E-state index contributed by atoms with van der Waals surface area (Å²) in [5.74, 6) is 0.740. The summed E-state index contributed by atoms with van der Waals surface area (Å²) in [6.45, 7) is 0. The fraction of sp³-hybridized carbons (Fsp3) is 0.0556. The topological polar surface area (TPSA) is 76.1 Å². The van der Waals surface area contributed by atoms with Crippen LogP contribution in [0.25, 0.3) is 0 Å². The van der Waals surface area contributed by atoms with Gasteiger partial charge in [0, 0.05) is 23.8 Å². The second-order valence-corrected chi connectivity index (χ2v) is 6.05. The third kappa shape index (κ3) is 4.41. The molecular weight excluding hydrogens is 375 g/mol. The quantitative estimate of drug-likeness (QED) is 0.656. The van der Waals surface area contributed by atoms with Gasteiger partial charge in [0.05, 0.1) is 22.7 Å². The molecule has 2 aromatic carbocycles. The van der Waals surface area contributed by atoms with E-state index in [1.807, 2.05) is 0 Å². The number of methoxy groups -OCH3 is 1. The number of nitrogens with one attached hydrogen (secondary N) is 2. The third-order valence-corrected chi connectivity index (χ3v) is 4.18. The average Bonchev–Trinajstić information content (AvgIpc) is 2.66. The molecule has 6 nitrogen and oxygen atoms in total. The minimum atomic E-state index is -0.309. The number of carbonyl (C=O) groups excluding carboxylic acids is 1. The first kappa shape index (κ1) is 18.0. The van der Waals surface area contributed by atoms with E-state index in [9.17, 15) is 4.79 Å². The van der Waals surface area contributed by atoms with Crippen molar-refractivity contribution in [2.24, 2.45) is 0 Å². The van der Waals surface area contributed by atoms with Gasteiger partial charge >= 0.3 is 0 Å². The second-order valence-electron chi connectivity index (χ2n) is 5.23. The molecule has 1 amide bonds. The fourth-order valence-corrected chi connectivity index (χ4v) is 2.39. The molecule has 1 heterocycles. The summed E-state index contributed by atoms with van der Waals surface area (Å²) in [5.41, 5.74) is 1.67. The van der Waals surface area contributed by atoms with E-state index in [-0.39, 0.29) is 5.91 Å². The van der Waals surface area contributed by atoms with Crippen molar-refractivity contribution >= 4 is 46.4 Å². The van der Waals surface area contributed by atoms with Gasteiger partial charge in [-0.15, -0.1) is 0 Å². The minimum absolute atomic E-state index is 0.309. The predicted octanol–water partition coefficient (Wildman–Crippen LogP) is 4.79. The first-order valence-electron chi connectivity index (χ1n) is 7.54. The Labute approximate surface area is 160 Å². The molecule has 132 valence electrons. The van der Waals surface area contributed by atoms with E-state index in [0.29, 0.717) is 38.7 Å². The highest BCUT2D eigenvalue weighted by molar-refractivity contribution is 6.42. The van der Waals surface area contributed by atoms with E-state index in [0.717, 1.165) is 0 Å².